The molecule has 0 bridgehead atoms. The molecule has 0 saturated heterocycles. The van der Waals surface area contributed by atoms with E-state index in [4.69, 9.17) is 9.84 Å². The van der Waals surface area contributed by atoms with Gasteiger partial charge in [0, 0.05) is 0 Å². The topological polar surface area (TPSA) is 64.4 Å². The van der Waals surface area contributed by atoms with Crippen LogP contribution in [-0.2, 0) is 6.54 Å². The van der Waals surface area contributed by atoms with Crippen molar-refractivity contribution in [3.8, 4) is 5.75 Å². The van der Waals surface area contributed by atoms with E-state index in [1.807, 2.05) is 18.2 Å². The van der Waals surface area contributed by atoms with Crippen molar-refractivity contribution in [1.29, 1.82) is 0 Å². The molecule has 2 rings (SSSR count). The van der Waals surface area contributed by atoms with E-state index in [9.17, 15) is 4.79 Å². The summed E-state index contributed by atoms with van der Waals surface area (Å²) in [6.45, 7) is 3.99. The van der Waals surface area contributed by atoms with Gasteiger partial charge < -0.3 is 9.84 Å². The number of aromatic carboxylic acids is 1. The predicted octanol–water partition coefficient (Wildman–Crippen LogP) is 3.02. The highest BCUT2D eigenvalue weighted by Gasteiger charge is 2.17. The molecule has 0 spiro atoms. The lowest BCUT2D eigenvalue weighted by molar-refractivity contribution is 0.0695. The summed E-state index contributed by atoms with van der Waals surface area (Å²) >= 11 is 3.43. The lowest BCUT2D eigenvalue weighted by atomic mass is 10.2. The van der Waals surface area contributed by atoms with Crippen molar-refractivity contribution in [3.05, 3.63) is 45.2 Å². The lowest BCUT2D eigenvalue weighted by Crippen LogP contribution is -2.06. The number of carboxylic acids is 1. The van der Waals surface area contributed by atoms with Crippen LogP contribution >= 0.6 is 15.9 Å². The molecule has 0 aliphatic carbocycles. The average Bonchev–Trinajstić information content (AvgIpc) is 2.64. The number of aryl methyl sites for hydroxylation is 1. The van der Waals surface area contributed by atoms with E-state index in [-0.39, 0.29) is 5.56 Å². The number of halogens is 1. The van der Waals surface area contributed by atoms with Crippen LogP contribution in [-0.4, -0.2) is 28.0 Å². The SMILES string of the molecule is COc1ccc(Cn2nc(C)c(C(=O)O)c2C)cc1Br. The molecule has 1 N–H and O–H groups in total. The first-order chi connectivity index (χ1) is 9.43. The van der Waals surface area contributed by atoms with Gasteiger partial charge in [-0.05, 0) is 47.5 Å². The number of benzene rings is 1. The van der Waals surface area contributed by atoms with Crippen LogP contribution in [0.1, 0.15) is 27.3 Å². The zero-order chi connectivity index (χ0) is 14.9. The Morgan fingerprint density at radius 1 is 1.45 bits per heavy atom. The molecule has 0 fully saturated rings. The van der Waals surface area contributed by atoms with Crippen molar-refractivity contribution < 1.29 is 14.6 Å². The number of nitrogens with zero attached hydrogens (tertiary/aromatic N) is 2. The largest absolute Gasteiger partial charge is 0.496 e. The molecule has 20 heavy (non-hydrogen) atoms. The Bertz CT molecular complexity index is 665. The fourth-order valence-corrected chi connectivity index (χ4v) is 2.73. The van der Waals surface area contributed by atoms with E-state index < -0.39 is 5.97 Å². The molecule has 0 aliphatic heterocycles. The molecule has 1 aromatic carbocycles. The summed E-state index contributed by atoms with van der Waals surface area (Å²) in [5.41, 5.74) is 2.47. The second kappa shape index (κ2) is 5.66. The van der Waals surface area contributed by atoms with Gasteiger partial charge in [-0.1, -0.05) is 6.07 Å². The van der Waals surface area contributed by atoms with Gasteiger partial charge in [0.15, 0.2) is 0 Å². The fourth-order valence-electron chi connectivity index (χ4n) is 2.14. The Hall–Kier alpha value is -1.82. The first-order valence-electron chi connectivity index (χ1n) is 6.03. The number of hydrogen-bond acceptors (Lipinski definition) is 3. The van der Waals surface area contributed by atoms with Crippen molar-refractivity contribution >= 4 is 21.9 Å². The first-order valence-corrected chi connectivity index (χ1v) is 6.83. The van der Waals surface area contributed by atoms with Crippen LogP contribution in [0.15, 0.2) is 22.7 Å². The standard InChI is InChI=1S/C14H15BrN2O3/c1-8-13(14(18)19)9(2)17(16-8)7-10-4-5-12(20-3)11(15)6-10/h4-6H,7H2,1-3H3,(H,18,19). The summed E-state index contributed by atoms with van der Waals surface area (Å²) in [5.74, 6) is -0.185. The number of ether oxygens (including phenoxy) is 1. The van der Waals surface area contributed by atoms with E-state index >= 15 is 0 Å². The Morgan fingerprint density at radius 2 is 2.15 bits per heavy atom. The van der Waals surface area contributed by atoms with Crippen molar-refractivity contribution in [2.24, 2.45) is 0 Å². The third-order valence-electron chi connectivity index (χ3n) is 3.14. The van der Waals surface area contributed by atoms with Gasteiger partial charge in [0.25, 0.3) is 0 Å². The Balaban J connectivity index is 2.33. The Morgan fingerprint density at radius 3 is 2.65 bits per heavy atom. The highest BCUT2D eigenvalue weighted by Crippen LogP contribution is 2.26. The minimum atomic E-state index is -0.942. The second-order valence-electron chi connectivity index (χ2n) is 4.48. The monoisotopic (exact) mass is 338 g/mol. The van der Waals surface area contributed by atoms with Crippen molar-refractivity contribution in [2.45, 2.75) is 20.4 Å². The minimum Gasteiger partial charge on any atom is -0.496 e. The van der Waals surface area contributed by atoms with Gasteiger partial charge in [-0.25, -0.2) is 4.79 Å². The van der Waals surface area contributed by atoms with Gasteiger partial charge in [0.2, 0.25) is 0 Å². The van der Waals surface area contributed by atoms with Crippen LogP contribution in [0.4, 0.5) is 0 Å². The molecule has 1 aromatic heterocycles. The van der Waals surface area contributed by atoms with Gasteiger partial charge in [-0.3, -0.25) is 4.68 Å². The molecule has 5 nitrogen and oxygen atoms in total. The van der Waals surface area contributed by atoms with Gasteiger partial charge in [0.05, 0.1) is 29.5 Å². The maximum Gasteiger partial charge on any atom is 0.339 e. The highest BCUT2D eigenvalue weighted by atomic mass is 79.9. The average molecular weight is 339 g/mol. The third kappa shape index (κ3) is 2.70. The molecule has 0 amide bonds. The van der Waals surface area contributed by atoms with E-state index in [1.165, 1.54) is 0 Å². The molecular weight excluding hydrogens is 324 g/mol. The fraction of sp³-hybridized carbons (Fsp3) is 0.286. The smallest absolute Gasteiger partial charge is 0.339 e. The molecule has 0 saturated carbocycles. The van der Waals surface area contributed by atoms with E-state index in [1.54, 1.807) is 25.6 Å². The molecule has 6 heteroatoms. The van der Waals surface area contributed by atoms with Crippen molar-refractivity contribution in [1.82, 2.24) is 9.78 Å². The molecule has 0 atom stereocenters. The summed E-state index contributed by atoms with van der Waals surface area (Å²) in [7, 11) is 1.61. The summed E-state index contributed by atoms with van der Waals surface area (Å²) in [5, 5.41) is 13.4. The number of carbonyl (C=O) groups is 1. The van der Waals surface area contributed by atoms with Gasteiger partial charge in [-0.15, -0.1) is 0 Å². The zero-order valence-electron chi connectivity index (χ0n) is 11.5. The van der Waals surface area contributed by atoms with Crippen LogP contribution in [0.25, 0.3) is 0 Å². The quantitative estimate of drug-likeness (QED) is 0.930. The molecular formula is C14H15BrN2O3. The number of hydrogen-bond donors (Lipinski definition) is 1. The first kappa shape index (κ1) is 14.6. The van der Waals surface area contributed by atoms with Crippen LogP contribution in [0.3, 0.4) is 0 Å². The zero-order valence-corrected chi connectivity index (χ0v) is 13.1. The molecule has 1 heterocycles. The number of carboxylic acid groups (broad SMARTS) is 1. The van der Waals surface area contributed by atoms with Crippen molar-refractivity contribution in [2.75, 3.05) is 7.11 Å². The molecule has 106 valence electrons. The maximum atomic E-state index is 11.2. The van der Waals surface area contributed by atoms with Gasteiger partial charge in [0.1, 0.15) is 11.3 Å². The van der Waals surface area contributed by atoms with Crippen LogP contribution < -0.4 is 4.74 Å². The summed E-state index contributed by atoms with van der Waals surface area (Å²) in [4.78, 5) is 11.2. The number of methoxy groups -OCH3 is 1. The van der Waals surface area contributed by atoms with Crippen molar-refractivity contribution in [3.63, 3.8) is 0 Å². The third-order valence-corrected chi connectivity index (χ3v) is 3.76. The highest BCUT2D eigenvalue weighted by molar-refractivity contribution is 9.10. The van der Waals surface area contributed by atoms with Crippen LogP contribution in [0.2, 0.25) is 0 Å². The molecule has 0 radical (unpaired) electrons. The lowest BCUT2D eigenvalue weighted by Gasteiger charge is -2.08. The Labute approximate surface area is 125 Å². The minimum absolute atomic E-state index is 0.276. The van der Waals surface area contributed by atoms with Gasteiger partial charge >= 0.3 is 5.97 Å². The van der Waals surface area contributed by atoms with E-state index in [0.29, 0.717) is 17.9 Å². The maximum absolute atomic E-state index is 11.2. The van der Waals surface area contributed by atoms with Crippen LogP contribution in [0, 0.1) is 13.8 Å². The summed E-state index contributed by atoms with van der Waals surface area (Å²) < 4.78 is 7.74. The summed E-state index contributed by atoms with van der Waals surface area (Å²) in [6, 6.07) is 5.74. The predicted molar refractivity (Wildman–Crippen MR) is 78.5 cm³/mol. The van der Waals surface area contributed by atoms with Crippen LogP contribution in [0.5, 0.6) is 5.75 Å². The normalized spacial score (nSPS) is 10.6. The molecule has 2 aromatic rings. The number of rotatable bonds is 4. The molecule has 0 unspecified atom stereocenters. The Kier molecular flexibility index (Phi) is 4.13. The molecule has 0 aliphatic rings. The second-order valence-corrected chi connectivity index (χ2v) is 5.33. The number of aromatic nitrogens is 2. The van der Waals surface area contributed by atoms with Gasteiger partial charge in [-0.2, -0.15) is 5.10 Å². The van der Waals surface area contributed by atoms with E-state index in [2.05, 4.69) is 21.0 Å². The summed E-state index contributed by atoms with van der Waals surface area (Å²) in [6.07, 6.45) is 0. The van der Waals surface area contributed by atoms with E-state index in [0.717, 1.165) is 15.8 Å².